The molecule has 0 bridgehead atoms. The zero-order valence-electron chi connectivity index (χ0n) is 12.2. The van der Waals surface area contributed by atoms with E-state index in [1.165, 1.54) is 0 Å². The zero-order chi connectivity index (χ0) is 14.8. The SMILES string of the molecule is Cc1nc(CCNc2nc(C3CC3)nc(NN)c2C)no1. The Hall–Kier alpha value is -2.22. The minimum absolute atomic E-state index is 0.470. The number of hydrogen-bond donors (Lipinski definition) is 3. The largest absolute Gasteiger partial charge is 0.369 e. The van der Waals surface area contributed by atoms with Gasteiger partial charge in [-0.1, -0.05) is 5.16 Å². The number of nitrogens with one attached hydrogen (secondary N) is 2. The maximum absolute atomic E-state index is 5.53. The molecule has 0 saturated heterocycles. The number of aromatic nitrogens is 4. The van der Waals surface area contributed by atoms with Crippen LogP contribution >= 0.6 is 0 Å². The van der Waals surface area contributed by atoms with Crippen LogP contribution in [0, 0.1) is 13.8 Å². The van der Waals surface area contributed by atoms with E-state index in [2.05, 4.69) is 30.9 Å². The van der Waals surface area contributed by atoms with E-state index in [1.807, 2.05) is 6.92 Å². The lowest BCUT2D eigenvalue weighted by Crippen LogP contribution is -2.16. The van der Waals surface area contributed by atoms with Crippen LogP contribution in [0.15, 0.2) is 4.52 Å². The highest BCUT2D eigenvalue weighted by Crippen LogP contribution is 2.39. The third kappa shape index (κ3) is 3.10. The quantitative estimate of drug-likeness (QED) is 0.538. The van der Waals surface area contributed by atoms with Gasteiger partial charge < -0.3 is 15.3 Å². The molecule has 21 heavy (non-hydrogen) atoms. The third-order valence-electron chi connectivity index (χ3n) is 3.45. The summed E-state index contributed by atoms with van der Waals surface area (Å²) in [5.74, 6) is 9.60. The van der Waals surface area contributed by atoms with Crippen LogP contribution in [-0.4, -0.2) is 26.7 Å². The standard InChI is InChI=1S/C13H19N7O/c1-7-11(15-6-5-10-16-8(2)21-20-10)17-13(9-3-4-9)18-12(7)19-14/h9H,3-6,14H2,1-2H3,(H2,15,17,18,19). The van der Waals surface area contributed by atoms with Gasteiger partial charge in [0.05, 0.1) is 0 Å². The Bertz CT molecular complexity index is 635. The first kappa shape index (κ1) is 13.7. The van der Waals surface area contributed by atoms with Crippen molar-refractivity contribution in [2.24, 2.45) is 5.84 Å². The van der Waals surface area contributed by atoms with Crippen LogP contribution in [0.3, 0.4) is 0 Å². The van der Waals surface area contributed by atoms with Gasteiger partial charge in [0.25, 0.3) is 0 Å². The molecule has 0 amide bonds. The second-order valence-electron chi connectivity index (χ2n) is 5.23. The number of nitrogens with two attached hydrogens (primary N) is 1. The summed E-state index contributed by atoms with van der Waals surface area (Å²) >= 11 is 0. The van der Waals surface area contributed by atoms with E-state index in [0.29, 0.717) is 36.4 Å². The summed E-state index contributed by atoms with van der Waals surface area (Å²) in [6, 6.07) is 0. The Morgan fingerprint density at radius 2 is 1.95 bits per heavy atom. The van der Waals surface area contributed by atoms with Gasteiger partial charge in [-0.25, -0.2) is 15.8 Å². The Labute approximate surface area is 122 Å². The Kier molecular flexibility index (Phi) is 3.70. The Morgan fingerprint density at radius 3 is 2.57 bits per heavy atom. The molecule has 4 N–H and O–H groups in total. The molecule has 8 nitrogen and oxygen atoms in total. The molecule has 0 aliphatic heterocycles. The molecule has 2 aromatic heterocycles. The molecular formula is C13H19N7O. The molecule has 0 atom stereocenters. The van der Waals surface area contributed by atoms with E-state index < -0.39 is 0 Å². The molecule has 1 saturated carbocycles. The van der Waals surface area contributed by atoms with Gasteiger partial charge in [-0.2, -0.15) is 4.98 Å². The van der Waals surface area contributed by atoms with Crippen LogP contribution < -0.4 is 16.6 Å². The molecule has 0 spiro atoms. The maximum Gasteiger partial charge on any atom is 0.223 e. The Balaban J connectivity index is 1.70. The number of nitrogen functional groups attached to an aromatic ring is 1. The molecule has 8 heteroatoms. The summed E-state index contributed by atoms with van der Waals surface area (Å²) in [5, 5.41) is 7.17. The lowest BCUT2D eigenvalue weighted by atomic mass is 10.2. The van der Waals surface area contributed by atoms with E-state index in [0.717, 1.165) is 30.0 Å². The molecule has 1 aliphatic rings. The van der Waals surface area contributed by atoms with Crippen molar-refractivity contribution in [2.45, 2.75) is 39.0 Å². The predicted molar refractivity (Wildman–Crippen MR) is 77.8 cm³/mol. The van der Waals surface area contributed by atoms with Crippen LogP contribution in [0.4, 0.5) is 11.6 Å². The van der Waals surface area contributed by atoms with E-state index in [-0.39, 0.29) is 0 Å². The summed E-state index contributed by atoms with van der Waals surface area (Å²) in [6.45, 7) is 4.39. The Morgan fingerprint density at radius 1 is 1.19 bits per heavy atom. The third-order valence-corrected chi connectivity index (χ3v) is 3.45. The monoisotopic (exact) mass is 289 g/mol. The fourth-order valence-electron chi connectivity index (χ4n) is 2.11. The number of nitrogens with zero attached hydrogens (tertiary/aromatic N) is 4. The van der Waals surface area contributed by atoms with Crippen LogP contribution in [0.1, 0.15) is 41.9 Å². The van der Waals surface area contributed by atoms with Crippen LogP contribution in [-0.2, 0) is 6.42 Å². The average molecular weight is 289 g/mol. The zero-order valence-corrected chi connectivity index (χ0v) is 12.2. The van der Waals surface area contributed by atoms with Gasteiger partial charge in [0, 0.05) is 31.4 Å². The van der Waals surface area contributed by atoms with Crippen molar-refractivity contribution in [3.8, 4) is 0 Å². The van der Waals surface area contributed by atoms with E-state index in [4.69, 9.17) is 10.4 Å². The van der Waals surface area contributed by atoms with Crippen LogP contribution in [0.2, 0.25) is 0 Å². The second-order valence-corrected chi connectivity index (χ2v) is 5.23. The van der Waals surface area contributed by atoms with Gasteiger partial charge in [0.1, 0.15) is 17.5 Å². The highest BCUT2D eigenvalue weighted by molar-refractivity contribution is 5.57. The lowest BCUT2D eigenvalue weighted by Gasteiger charge is -2.13. The highest BCUT2D eigenvalue weighted by Gasteiger charge is 2.28. The number of hydrogen-bond acceptors (Lipinski definition) is 8. The second kappa shape index (κ2) is 5.65. The molecule has 1 aliphatic carbocycles. The van der Waals surface area contributed by atoms with Crippen molar-refractivity contribution in [3.05, 3.63) is 23.1 Å². The first-order valence-electron chi connectivity index (χ1n) is 7.05. The molecule has 2 heterocycles. The highest BCUT2D eigenvalue weighted by atomic mass is 16.5. The van der Waals surface area contributed by atoms with Gasteiger partial charge in [-0.05, 0) is 19.8 Å². The van der Waals surface area contributed by atoms with Gasteiger partial charge in [0.15, 0.2) is 5.82 Å². The van der Waals surface area contributed by atoms with Gasteiger partial charge >= 0.3 is 0 Å². The molecule has 0 radical (unpaired) electrons. The van der Waals surface area contributed by atoms with Crippen molar-refractivity contribution < 1.29 is 4.52 Å². The van der Waals surface area contributed by atoms with Gasteiger partial charge in [0.2, 0.25) is 5.89 Å². The number of anilines is 2. The molecule has 3 rings (SSSR count). The minimum Gasteiger partial charge on any atom is -0.369 e. The van der Waals surface area contributed by atoms with E-state index in [1.54, 1.807) is 6.92 Å². The van der Waals surface area contributed by atoms with E-state index >= 15 is 0 Å². The van der Waals surface area contributed by atoms with Crippen molar-refractivity contribution in [1.29, 1.82) is 0 Å². The van der Waals surface area contributed by atoms with Gasteiger partial charge in [-0.3, -0.25) is 0 Å². The average Bonchev–Trinajstić information content (AvgIpc) is 3.24. The summed E-state index contributed by atoms with van der Waals surface area (Å²) in [4.78, 5) is 13.2. The van der Waals surface area contributed by atoms with Crippen molar-refractivity contribution in [3.63, 3.8) is 0 Å². The van der Waals surface area contributed by atoms with Crippen molar-refractivity contribution in [2.75, 3.05) is 17.3 Å². The minimum atomic E-state index is 0.470. The van der Waals surface area contributed by atoms with Crippen LogP contribution in [0.25, 0.3) is 0 Å². The molecule has 0 aromatic carbocycles. The lowest BCUT2D eigenvalue weighted by molar-refractivity contribution is 0.387. The fourth-order valence-corrected chi connectivity index (χ4v) is 2.11. The molecule has 2 aromatic rings. The number of rotatable bonds is 6. The number of aryl methyl sites for hydroxylation is 1. The molecule has 0 unspecified atom stereocenters. The smallest absolute Gasteiger partial charge is 0.223 e. The summed E-state index contributed by atoms with van der Waals surface area (Å²) < 4.78 is 4.95. The van der Waals surface area contributed by atoms with Crippen molar-refractivity contribution >= 4 is 11.6 Å². The summed E-state index contributed by atoms with van der Waals surface area (Å²) in [7, 11) is 0. The van der Waals surface area contributed by atoms with Crippen LogP contribution in [0.5, 0.6) is 0 Å². The maximum atomic E-state index is 5.53. The summed E-state index contributed by atoms with van der Waals surface area (Å²) in [5.41, 5.74) is 3.55. The van der Waals surface area contributed by atoms with E-state index in [9.17, 15) is 0 Å². The van der Waals surface area contributed by atoms with Gasteiger partial charge in [-0.15, -0.1) is 0 Å². The molecular weight excluding hydrogens is 270 g/mol. The topological polar surface area (TPSA) is 115 Å². The first-order valence-corrected chi connectivity index (χ1v) is 7.05. The van der Waals surface area contributed by atoms with Crippen molar-refractivity contribution in [1.82, 2.24) is 20.1 Å². The normalized spacial score (nSPS) is 14.2. The number of hydrazine groups is 1. The molecule has 1 fully saturated rings. The first-order chi connectivity index (χ1) is 10.2. The predicted octanol–water partition coefficient (Wildman–Crippen LogP) is 1.29. The summed E-state index contributed by atoms with van der Waals surface area (Å²) in [6.07, 6.45) is 2.97. The fraction of sp³-hybridized carbons (Fsp3) is 0.538. The molecule has 112 valence electrons.